The highest BCUT2D eigenvalue weighted by Gasteiger charge is 2.19. The summed E-state index contributed by atoms with van der Waals surface area (Å²) in [7, 11) is 0. The lowest BCUT2D eigenvalue weighted by Gasteiger charge is -2.21. The number of amides is 1. The Morgan fingerprint density at radius 1 is 1.33 bits per heavy atom. The maximum absolute atomic E-state index is 14.3. The molecule has 10 heteroatoms. The first-order chi connectivity index (χ1) is 9.81. The second kappa shape index (κ2) is 8.37. The molecule has 114 valence electrons. The first kappa shape index (κ1) is 18.0. The third kappa shape index (κ3) is 6.04. The van der Waals surface area contributed by atoms with Crippen LogP contribution in [0.15, 0.2) is 18.2 Å². The van der Waals surface area contributed by atoms with Gasteiger partial charge < -0.3 is 15.7 Å². The fourth-order valence-electron chi connectivity index (χ4n) is 1.61. The van der Waals surface area contributed by atoms with Crippen molar-refractivity contribution in [1.82, 2.24) is 10.6 Å². The molecule has 1 amide bonds. The van der Waals surface area contributed by atoms with Gasteiger partial charge in [-0.2, -0.15) is 0 Å². The zero-order valence-corrected chi connectivity index (χ0v) is 13.9. The highest BCUT2D eigenvalue weighted by atomic mass is 32.1. The second-order valence-electron chi connectivity index (χ2n) is 3.83. The normalized spacial score (nSPS) is 11.4. The largest absolute Gasteiger partial charge is 0.465 e. The first-order valence-electron chi connectivity index (χ1n) is 5.56. The van der Waals surface area contributed by atoms with Gasteiger partial charge in [-0.25, -0.2) is 9.18 Å². The van der Waals surface area contributed by atoms with Crippen LogP contribution in [0.1, 0.15) is 11.6 Å². The van der Waals surface area contributed by atoms with Gasteiger partial charge in [-0.15, -0.1) is 25.3 Å². The van der Waals surface area contributed by atoms with Crippen molar-refractivity contribution in [3.63, 3.8) is 0 Å². The summed E-state index contributed by atoms with van der Waals surface area (Å²) in [6.07, 6.45) is -1.35. The van der Waals surface area contributed by atoms with Crippen molar-refractivity contribution in [3.05, 3.63) is 29.6 Å². The van der Waals surface area contributed by atoms with Gasteiger partial charge in [0, 0.05) is 12.1 Å². The van der Waals surface area contributed by atoms with Crippen molar-refractivity contribution in [2.45, 2.75) is 6.04 Å². The van der Waals surface area contributed by atoms with E-state index >= 15 is 0 Å². The van der Waals surface area contributed by atoms with Gasteiger partial charge in [0.25, 0.3) is 0 Å². The number of benzene rings is 1. The average Bonchev–Trinajstić information content (AvgIpc) is 2.36. The van der Waals surface area contributed by atoms with Crippen LogP contribution in [0, 0.1) is 5.82 Å². The molecule has 0 aliphatic rings. The molecular weight excluding hydrogens is 353 g/mol. The number of thiocarbonyl (C=S) groups is 2. The molecule has 1 aromatic carbocycles. The number of carboxylic acid groups (broad SMARTS) is 1. The van der Waals surface area contributed by atoms with Crippen molar-refractivity contribution in [2.24, 2.45) is 0 Å². The van der Waals surface area contributed by atoms with E-state index in [1.54, 1.807) is 0 Å². The highest BCUT2D eigenvalue weighted by molar-refractivity contribution is 8.11. The molecular formula is C11H12FN3O2S4. The molecule has 0 aliphatic carbocycles. The van der Waals surface area contributed by atoms with Crippen LogP contribution >= 0.6 is 49.7 Å². The third-order valence-corrected chi connectivity index (χ3v) is 2.95. The molecule has 5 nitrogen and oxygen atoms in total. The molecule has 4 N–H and O–H groups in total. The Morgan fingerprint density at radius 3 is 2.52 bits per heavy atom. The Bertz CT molecular complexity index is 570. The summed E-state index contributed by atoms with van der Waals surface area (Å²) >= 11 is 17.5. The van der Waals surface area contributed by atoms with Gasteiger partial charge in [0.05, 0.1) is 11.7 Å². The minimum absolute atomic E-state index is 0.148. The molecule has 0 heterocycles. The maximum atomic E-state index is 14.3. The van der Waals surface area contributed by atoms with Crippen LogP contribution in [0.25, 0.3) is 0 Å². The molecule has 1 unspecified atom stereocenters. The van der Waals surface area contributed by atoms with E-state index in [4.69, 9.17) is 29.5 Å². The fraction of sp³-hybridized carbons (Fsp3) is 0.182. The molecule has 21 heavy (non-hydrogen) atoms. The monoisotopic (exact) mass is 365 g/mol. The summed E-state index contributed by atoms with van der Waals surface area (Å²) < 4.78 is 14.8. The molecule has 0 aromatic heterocycles. The third-order valence-electron chi connectivity index (χ3n) is 2.40. The lowest BCUT2D eigenvalue weighted by atomic mass is 10.1. The van der Waals surface area contributed by atoms with Crippen LogP contribution < -0.4 is 16.0 Å². The van der Waals surface area contributed by atoms with Gasteiger partial charge in [-0.1, -0.05) is 36.6 Å². The van der Waals surface area contributed by atoms with E-state index in [-0.39, 0.29) is 26.4 Å². The van der Waals surface area contributed by atoms with Crippen molar-refractivity contribution < 1.29 is 14.3 Å². The Hall–Kier alpha value is -1.10. The molecule has 1 atom stereocenters. The summed E-state index contributed by atoms with van der Waals surface area (Å²) in [5.41, 5.74) is 0.0695. The molecule has 1 rings (SSSR count). The smallest absolute Gasteiger partial charge is 0.409 e. The Kier molecular flexibility index (Phi) is 7.15. The molecule has 0 radical (unpaired) electrons. The minimum Gasteiger partial charge on any atom is -0.465 e. The Balaban J connectivity index is 3.08. The van der Waals surface area contributed by atoms with E-state index in [1.165, 1.54) is 18.2 Å². The van der Waals surface area contributed by atoms with Crippen LogP contribution in [0.4, 0.5) is 14.9 Å². The maximum Gasteiger partial charge on any atom is 0.409 e. The fourth-order valence-corrected chi connectivity index (χ4v) is 2.08. The van der Waals surface area contributed by atoms with Crippen LogP contribution in [0.2, 0.25) is 0 Å². The van der Waals surface area contributed by atoms with E-state index in [0.717, 1.165) is 0 Å². The van der Waals surface area contributed by atoms with Crippen LogP contribution in [-0.4, -0.2) is 26.4 Å². The van der Waals surface area contributed by atoms with E-state index in [0.29, 0.717) is 0 Å². The van der Waals surface area contributed by atoms with Gasteiger partial charge in [0.2, 0.25) is 0 Å². The topological polar surface area (TPSA) is 73.4 Å². The summed E-state index contributed by atoms with van der Waals surface area (Å²) in [6.45, 7) is 0.205. The highest BCUT2D eigenvalue weighted by Crippen LogP contribution is 2.23. The molecule has 0 fully saturated rings. The SMILES string of the molecule is O=C(O)Nc1cccc(C(CNC(=S)S)NC(=S)S)c1F. The van der Waals surface area contributed by atoms with Gasteiger partial charge in [0.1, 0.15) is 8.64 Å². The number of halogens is 1. The Labute approximate surface area is 142 Å². The summed E-state index contributed by atoms with van der Waals surface area (Å²) in [5, 5.41) is 16.2. The number of thiol groups is 2. The molecule has 0 saturated carbocycles. The van der Waals surface area contributed by atoms with Crippen molar-refractivity contribution in [3.8, 4) is 0 Å². The second-order valence-corrected chi connectivity index (χ2v) is 6.14. The Morgan fingerprint density at radius 2 is 2.00 bits per heavy atom. The van der Waals surface area contributed by atoms with Crippen molar-refractivity contribution in [2.75, 3.05) is 11.9 Å². The van der Waals surface area contributed by atoms with Crippen LogP contribution in [-0.2, 0) is 0 Å². The van der Waals surface area contributed by atoms with Gasteiger partial charge in [-0.3, -0.25) is 5.32 Å². The zero-order chi connectivity index (χ0) is 16.0. The summed E-state index contributed by atoms with van der Waals surface area (Å²) in [6, 6.07) is 3.77. The van der Waals surface area contributed by atoms with E-state index in [1.807, 2.05) is 5.32 Å². The standard InChI is InChI=1S/C11H12FN3O2S4/c12-8-5(2-1-3-6(8)14-9(16)17)7(15-11(20)21)4-13-10(18)19/h1-3,7,14H,4H2,(H,16,17)(H2,13,18,19)(H2,15,20,21). The van der Waals surface area contributed by atoms with Gasteiger partial charge in [0.15, 0.2) is 5.82 Å². The average molecular weight is 366 g/mol. The van der Waals surface area contributed by atoms with Crippen molar-refractivity contribution >= 4 is 70.1 Å². The molecule has 0 spiro atoms. The lowest BCUT2D eigenvalue weighted by Crippen LogP contribution is -2.34. The number of nitrogens with one attached hydrogen (secondary N) is 3. The first-order valence-corrected chi connectivity index (χ1v) is 7.27. The number of hydrogen-bond donors (Lipinski definition) is 6. The molecule has 0 saturated heterocycles. The van der Waals surface area contributed by atoms with Crippen molar-refractivity contribution in [1.29, 1.82) is 0 Å². The van der Waals surface area contributed by atoms with Crippen LogP contribution in [0.5, 0.6) is 0 Å². The van der Waals surface area contributed by atoms with E-state index in [2.05, 4.69) is 35.9 Å². The lowest BCUT2D eigenvalue weighted by molar-refractivity contribution is 0.209. The van der Waals surface area contributed by atoms with Crippen LogP contribution in [0.3, 0.4) is 0 Å². The van der Waals surface area contributed by atoms with E-state index < -0.39 is 18.0 Å². The van der Waals surface area contributed by atoms with E-state index in [9.17, 15) is 9.18 Å². The minimum atomic E-state index is -1.35. The molecule has 0 bridgehead atoms. The number of hydrogen-bond acceptors (Lipinski definition) is 3. The number of carbonyl (C=O) groups is 1. The zero-order valence-electron chi connectivity index (χ0n) is 10.5. The molecule has 0 aliphatic heterocycles. The summed E-state index contributed by atoms with van der Waals surface area (Å²) in [4.78, 5) is 10.6. The van der Waals surface area contributed by atoms with Gasteiger partial charge in [-0.05, 0) is 6.07 Å². The quantitative estimate of drug-likeness (QED) is 0.356. The van der Waals surface area contributed by atoms with Gasteiger partial charge >= 0.3 is 6.09 Å². The number of anilines is 1. The summed E-state index contributed by atoms with van der Waals surface area (Å²) in [5.74, 6) is -0.700. The molecule has 1 aromatic rings. The predicted octanol–water partition coefficient (Wildman–Crippen LogP) is 2.57. The predicted molar refractivity (Wildman–Crippen MR) is 95.1 cm³/mol. The number of rotatable bonds is 5.